The van der Waals surface area contributed by atoms with Gasteiger partial charge in [-0.05, 0) is 42.0 Å². The standard InChI is InChI=1S/C17H12ClNO3/c1-21-16-8-4-13(5-9-16)17(20)22-11-14(10-19)12-2-6-15(18)7-3-12/h2-9,11H,1H3/b14-11+. The van der Waals surface area contributed by atoms with Crippen molar-refractivity contribution in [3.05, 3.63) is 70.9 Å². The molecular formula is C17H12ClNO3. The van der Waals surface area contributed by atoms with Crippen LogP contribution in [0.3, 0.4) is 0 Å². The summed E-state index contributed by atoms with van der Waals surface area (Å²) in [5, 5.41) is 9.71. The van der Waals surface area contributed by atoms with Gasteiger partial charge in [-0.2, -0.15) is 5.26 Å². The van der Waals surface area contributed by atoms with Crippen LogP contribution in [0.1, 0.15) is 15.9 Å². The summed E-state index contributed by atoms with van der Waals surface area (Å²) in [4.78, 5) is 11.9. The van der Waals surface area contributed by atoms with Crippen molar-refractivity contribution in [2.45, 2.75) is 0 Å². The van der Waals surface area contributed by atoms with Crippen LogP contribution in [0.25, 0.3) is 5.57 Å². The predicted octanol–water partition coefficient (Wildman–Crippen LogP) is 4.07. The minimum absolute atomic E-state index is 0.235. The monoisotopic (exact) mass is 313 g/mol. The van der Waals surface area contributed by atoms with E-state index in [2.05, 4.69) is 0 Å². The van der Waals surface area contributed by atoms with Crippen molar-refractivity contribution in [2.75, 3.05) is 7.11 Å². The predicted molar refractivity (Wildman–Crippen MR) is 83.5 cm³/mol. The van der Waals surface area contributed by atoms with Gasteiger partial charge in [0.1, 0.15) is 18.1 Å². The topological polar surface area (TPSA) is 59.3 Å². The SMILES string of the molecule is COc1ccc(C(=O)O/C=C(\C#N)c2ccc(Cl)cc2)cc1. The number of ether oxygens (including phenoxy) is 2. The molecule has 0 bridgehead atoms. The lowest BCUT2D eigenvalue weighted by atomic mass is 10.1. The second-order valence-electron chi connectivity index (χ2n) is 4.28. The lowest BCUT2D eigenvalue weighted by Gasteiger charge is -2.03. The number of nitrogens with zero attached hydrogens (tertiary/aromatic N) is 1. The summed E-state index contributed by atoms with van der Waals surface area (Å²) in [6.45, 7) is 0. The average Bonchev–Trinajstić information content (AvgIpc) is 2.56. The Kier molecular flexibility index (Phi) is 5.18. The minimum Gasteiger partial charge on any atom is -0.497 e. The fourth-order valence-electron chi connectivity index (χ4n) is 1.70. The molecule has 0 atom stereocenters. The molecule has 0 fully saturated rings. The fourth-order valence-corrected chi connectivity index (χ4v) is 1.82. The summed E-state index contributed by atoms with van der Waals surface area (Å²) < 4.78 is 10.1. The molecule has 22 heavy (non-hydrogen) atoms. The molecule has 0 aliphatic heterocycles. The van der Waals surface area contributed by atoms with Crippen LogP contribution in [0.15, 0.2) is 54.8 Å². The quantitative estimate of drug-likeness (QED) is 0.485. The number of hydrogen-bond donors (Lipinski definition) is 0. The molecule has 0 unspecified atom stereocenters. The van der Waals surface area contributed by atoms with E-state index in [1.165, 1.54) is 0 Å². The van der Waals surface area contributed by atoms with E-state index in [1.807, 2.05) is 6.07 Å². The van der Waals surface area contributed by atoms with Gasteiger partial charge in [-0.1, -0.05) is 23.7 Å². The first-order valence-electron chi connectivity index (χ1n) is 6.35. The Labute approximate surface area is 133 Å². The number of methoxy groups -OCH3 is 1. The van der Waals surface area contributed by atoms with Gasteiger partial charge in [-0.3, -0.25) is 0 Å². The molecule has 0 aliphatic rings. The molecule has 0 aromatic heterocycles. The average molecular weight is 314 g/mol. The van der Waals surface area contributed by atoms with Gasteiger partial charge in [0.15, 0.2) is 0 Å². The number of benzene rings is 2. The van der Waals surface area contributed by atoms with Crippen molar-refractivity contribution in [3.63, 3.8) is 0 Å². The van der Waals surface area contributed by atoms with E-state index >= 15 is 0 Å². The Morgan fingerprint density at radius 1 is 1.09 bits per heavy atom. The Hall–Kier alpha value is -2.77. The number of nitriles is 1. The lowest BCUT2D eigenvalue weighted by Crippen LogP contribution is -2.01. The van der Waals surface area contributed by atoms with Crippen LogP contribution in [0.4, 0.5) is 0 Å². The van der Waals surface area contributed by atoms with E-state index < -0.39 is 5.97 Å². The van der Waals surface area contributed by atoms with Gasteiger partial charge in [0.2, 0.25) is 0 Å². The molecular weight excluding hydrogens is 302 g/mol. The third-order valence-electron chi connectivity index (χ3n) is 2.89. The van der Waals surface area contributed by atoms with Crippen LogP contribution < -0.4 is 4.74 Å². The maximum atomic E-state index is 11.9. The summed E-state index contributed by atoms with van der Waals surface area (Å²) in [5.41, 5.74) is 1.22. The van der Waals surface area contributed by atoms with Gasteiger partial charge < -0.3 is 9.47 Å². The molecule has 4 nitrogen and oxygen atoms in total. The summed E-state index contributed by atoms with van der Waals surface area (Å²) in [6.07, 6.45) is 1.13. The van der Waals surface area contributed by atoms with Crippen molar-refractivity contribution in [3.8, 4) is 11.8 Å². The van der Waals surface area contributed by atoms with Gasteiger partial charge >= 0.3 is 5.97 Å². The molecule has 0 saturated heterocycles. The van der Waals surface area contributed by atoms with E-state index in [9.17, 15) is 4.79 Å². The zero-order valence-corrected chi connectivity index (χ0v) is 12.5. The lowest BCUT2D eigenvalue weighted by molar-refractivity contribution is 0.0664. The molecule has 0 heterocycles. The third kappa shape index (κ3) is 3.87. The fraction of sp³-hybridized carbons (Fsp3) is 0.0588. The molecule has 2 aromatic carbocycles. The number of rotatable bonds is 4. The largest absolute Gasteiger partial charge is 0.497 e. The van der Waals surface area contributed by atoms with E-state index in [0.29, 0.717) is 21.9 Å². The molecule has 5 heteroatoms. The van der Waals surface area contributed by atoms with Crippen LogP contribution in [0.5, 0.6) is 5.75 Å². The van der Waals surface area contributed by atoms with Crippen molar-refractivity contribution >= 4 is 23.1 Å². The number of allylic oxidation sites excluding steroid dienone is 1. The van der Waals surface area contributed by atoms with Gasteiger partial charge in [0.25, 0.3) is 0 Å². The normalized spacial score (nSPS) is 10.7. The minimum atomic E-state index is -0.552. The molecule has 0 amide bonds. The summed E-state index contributed by atoms with van der Waals surface area (Å²) >= 11 is 5.79. The van der Waals surface area contributed by atoms with Gasteiger partial charge in [0, 0.05) is 5.02 Å². The number of carbonyl (C=O) groups is 1. The number of carbonyl (C=O) groups excluding carboxylic acids is 1. The third-order valence-corrected chi connectivity index (χ3v) is 3.14. The van der Waals surface area contributed by atoms with Crippen molar-refractivity contribution < 1.29 is 14.3 Å². The van der Waals surface area contributed by atoms with E-state index in [4.69, 9.17) is 26.3 Å². The Morgan fingerprint density at radius 2 is 1.68 bits per heavy atom. The molecule has 0 radical (unpaired) electrons. The highest BCUT2D eigenvalue weighted by atomic mass is 35.5. The van der Waals surface area contributed by atoms with Gasteiger partial charge in [-0.15, -0.1) is 0 Å². The van der Waals surface area contributed by atoms with Crippen molar-refractivity contribution in [1.29, 1.82) is 5.26 Å². The number of halogens is 1. The van der Waals surface area contributed by atoms with E-state index in [-0.39, 0.29) is 5.57 Å². The van der Waals surface area contributed by atoms with Gasteiger partial charge in [-0.25, -0.2) is 4.79 Å². The van der Waals surface area contributed by atoms with E-state index in [0.717, 1.165) is 6.26 Å². The zero-order chi connectivity index (χ0) is 15.9. The van der Waals surface area contributed by atoms with Crippen LogP contribution in [-0.2, 0) is 4.74 Å². The molecule has 0 saturated carbocycles. The van der Waals surface area contributed by atoms with Crippen LogP contribution in [0.2, 0.25) is 5.02 Å². The second kappa shape index (κ2) is 7.30. The van der Waals surface area contributed by atoms with Gasteiger partial charge in [0.05, 0.1) is 18.2 Å². The first kappa shape index (κ1) is 15.6. The number of esters is 1. The van der Waals surface area contributed by atoms with Crippen LogP contribution in [-0.4, -0.2) is 13.1 Å². The highest BCUT2D eigenvalue weighted by Crippen LogP contribution is 2.18. The molecule has 0 aliphatic carbocycles. The summed E-state index contributed by atoms with van der Waals surface area (Å²) in [5.74, 6) is 0.0929. The first-order valence-corrected chi connectivity index (χ1v) is 6.73. The molecule has 2 aromatic rings. The van der Waals surface area contributed by atoms with Crippen molar-refractivity contribution in [1.82, 2.24) is 0 Å². The molecule has 110 valence electrons. The Bertz CT molecular complexity index is 728. The maximum absolute atomic E-state index is 11.9. The molecule has 0 N–H and O–H groups in total. The molecule has 0 spiro atoms. The second-order valence-corrected chi connectivity index (χ2v) is 4.72. The number of hydrogen-bond acceptors (Lipinski definition) is 4. The Morgan fingerprint density at radius 3 is 2.23 bits per heavy atom. The van der Waals surface area contributed by atoms with E-state index in [1.54, 1.807) is 55.6 Å². The highest BCUT2D eigenvalue weighted by molar-refractivity contribution is 6.30. The Balaban J connectivity index is 2.12. The smallest absolute Gasteiger partial charge is 0.342 e. The maximum Gasteiger partial charge on any atom is 0.342 e. The van der Waals surface area contributed by atoms with Crippen molar-refractivity contribution in [2.24, 2.45) is 0 Å². The zero-order valence-electron chi connectivity index (χ0n) is 11.7. The summed E-state index contributed by atoms with van der Waals surface area (Å²) in [7, 11) is 1.54. The molecule has 2 rings (SSSR count). The van der Waals surface area contributed by atoms with Crippen LogP contribution in [0, 0.1) is 11.3 Å². The first-order chi connectivity index (χ1) is 10.6. The summed E-state index contributed by atoms with van der Waals surface area (Å²) in [6, 6.07) is 15.2. The highest BCUT2D eigenvalue weighted by Gasteiger charge is 2.08. The van der Waals surface area contributed by atoms with Crippen LogP contribution >= 0.6 is 11.6 Å².